The first-order chi connectivity index (χ1) is 12.7. The molecule has 7 heteroatoms. The van der Waals surface area contributed by atoms with Crippen LogP contribution in [0.2, 0.25) is 0 Å². The van der Waals surface area contributed by atoms with E-state index in [1.165, 1.54) is 24.3 Å². The van der Waals surface area contributed by atoms with Gasteiger partial charge in [0.15, 0.2) is 5.76 Å². The number of hydrogen-bond acceptors (Lipinski definition) is 4. The van der Waals surface area contributed by atoms with Gasteiger partial charge in [0.05, 0.1) is 10.6 Å². The lowest BCUT2D eigenvalue weighted by atomic mass is 10.0. The first-order valence-corrected chi connectivity index (χ1v) is 10.1. The molecular weight excluding hydrogens is 367 g/mol. The Morgan fingerprint density at radius 1 is 1.07 bits per heavy atom. The van der Waals surface area contributed by atoms with Crippen LogP contribution in [0.5, 0.6) is 0 Å². The first-order valence-electron chi connectivity index (χ1n) is 8.53. The van der Waals surface area contributed by atoms with E-state index in [0.29, 0.717) is 11.3 Å². The van der Waals surface area contributed by atoms with E-state index in [0.717, 1.165) is 11.3 Å². The van der Waals surface area contributed by atoms with Crippen molar-refractivity contribution in [2.45, 2.75) is 30.6 Å². The number of halogens is 1. The zero-order valence-electron chi connectivity index (χ0n) is 14.9. The van der Waals surface area contributed by atoms with E-state index in [9.17, 15) is 12.8 Å². The van der Waals surface area contributed by atoms with Crippen LogP contribution in [0.3, 0.4) is 0 Å². The Labute approximate surface area is 157 Å². The fraction of sp³-hybridized carbons (Fsp3) is 0.250. The molecule has 0 saturated heterocycles. The number of nitrogens with two attached hydrogens (primary N) is 1. The molecule has 0 amide bonds. The van der Waals surface area contributed by atoms with Crippen molar-refractivity contribution in [3.63, 3.8) is 0 Å². The lowest BCUT2D eigenvalue weighted by Crippen LogP contribution is -2.11. The number of hydrogen-bond donors (Lipinski definition) is 1. The summed E-state index contributed by atoms with van der Waals surface area (Å²) < 4.78 is 41.7. The summed E-state index contributed by atoms with van der Waals surface area (Å²) in [6.45, 7) is 4.26. The molecule has 1 fully saturated rings. The van der Waals surface area contributed by atoms with E-state index in [1.54, 1.807) is 24.3 Å². The Kier molecular flexibility index (Phi) is 3.98. The topological polar surface area (TPSA) is 86.2 Å². The number of aromatic nitrogens is 1. The van der Waals surface area contributed by atoms with Crippen LogP contribution in [0, 0.1) is 11.2 Å². The molecule has 1 heterocycles. The highest BCUT2D eigenvalue weighted by atomic mass is 32.2. The SMILES string of the molecule is CC1(C)[C@@H](c2ccc(S(N)(=O)=O)cc2)[C@@H]1c1cc(-c2cccc(F)c2)on1. The molecule has 1 aliphatic rings. The summed E-state index contributed by atoms with van der Waals surface area (Å²) in [5.74, 6) is 0.502. The summed E-state index contributed by atoms with van der Waals surface area (Å²) in [7, 11) is -3.71. The van der Waals surface area contributed by atoms with Crippen molar-refractivity contribution in [2.24, 2.45) is 10.6 Å². The van der Waals surface area contributed by atoms with Crippen LogP contribution >= 0.6 is 0 Å². The molecule has 2 atom stereocenters. The van der Waals surface area contributed by atoms with Crippen LogP contribution in [0.25, 0.3) is 11.3 Å². The lowest BCUT2D eigenvalue weighted by Gasteiger charge is -2.04. The largest absolute Gasteiger partial charge is 0.356 e. The average Bonchev–Trinajstić information content (AvgIpc) is 2.94. The molecule has 1 aliphatic carbocycles. The highest BCUT2D eigenvalue weighted by molar-refractivity contribution is 7.89. The van der Waals surface area contributed by atoms with Crippen LogP contribution in [-0.4, -0.2) is 13.6 Å². The summed E-state index contributed by atoms with van der Waals surface area (Å²) >= 11 is 0. The summed E-state index contributed by atoms with van der Waals surface area (Å²) in [4.78, 5) is 0.0936. The second-order valence-corrected chi connectivity index (χ2v) is 9.08. The predicted molar refractivity (Wildman–Crippen MR) is 99.0 cm³/mol. The molecule has 3 aromatic rings. The van der Waals surface area contributed by atoms with Crippen molar-refractivity contribution >= 4 is 10.0 Å². The fourth-order valence-electron chi connectivity index (χ4n) is 3.89. The maximum absolute atomic E-state index is 13.4. The highest BCUT2D eigenvalue weighted by Gasteiger charge is 2.60. The molecule has 0 bridgehead atoms. The highest BCUT2D eigenvalue weighted by Crippen LogP contribution is 2.69. The van der Waals surface area contributed by atoms with Gasteiger partial charge < -0.3 is 4.52 Å². The van der Waals surface area contributed by atoms with Gasteiger partial charge in [0, 0.05) is 17.5 Å². The maximum atomic E-state index is 13.4. The summed E-state index contributed by atoms with van der Waals surface area (Å²) in [5.41, 5.74) is 2.41. The van der Waals surface area contributed by atoms with E-state index < -0.39 is 10.0 Å². The minimum Gasteiger partial charge on any atom is -0.356 e. The van der Waals surface area contributed by atoms with Gasteiger partial charge in [-0.3, -0.25) is 0 Å². The van der Waals surface area contributed by atoms with Crippen LogP contribution in [-0.2, 0) is 10.0 Å². The minimum atomic E-state index is -3.71. The summed E-state index contributed by atoms with van der Waals surface area (Å²) in [5, 5.41) is 9.36. The van der Waals surface area contributed by atoms with E-state index in [1.807, 2.05) is 6.07 Å². The monoisotopic (exact) mass is 386 g/mol. The molecule has 4 rings (SSSR count). The van der Waals surface area contributed by atoms with Gasteiger partial charge in [0.1, 0.15) is 5.82 Å². The van der Waals surface area contributed by atoms with Crippen molar-refractivity contribution in [3.05, 3.63) is 71.7 Å². The fourth-order valence-corrected chi connectivity index (χ4v) is 4.41. The molecule has 0 radical (unpaired) electrons. The van der Waals surface area contributed by atoms with Crippen molar-refractivity contribution < 1.29 is 17.3 Å². The third-order valence-corrected chi connectivity index (χ3v) is 6.28. The number of primary sulfonamides is 1. The lowest BCUT2D eigenvalue weighted by molar-refractivity contribution is 0.420. The van der Waals surface area contributed by atoms with Gasteiger partial charge in [0.2, 0.25) is 10.0 Å². The van der Waals surface area contributed by atoms with Gasteiger partial charge >= 0.3 is 0 Å². The van der Waals surface area contributed by atoms with Gasteiger partial charge in [-0.2, -0.15) is 0 Å². The Balaban J connectivity index is 1.62. The minimum absolute atomic E-state index is 0.0564. The smallest absolute Gasteiger partial charge is 0.238 e. The molecule has 0 aliphatic heterocycles. The van der Waals surface area contributed by atoms with Gasteiger partial charge in [0.25, 0.3) is 0 Å². The third kappa shape index (κ3) is 3.17. The van der Waals surface area contributed by atoms with E-state index in [4.69, 9.17) is 9.66 Å². The normalized spacial score (nSPS) is 21.2. The van der Waals surface area contributed by atoms with E-state index >= 15 is 0 Å². The zero-order valence-corrected chi connectivity index (χ0v) is 15.7. The summed E-state index contributed by atoms with van der Waals surface area (Å²) in [6.07, 6.45) is 0. The molecule has 0 spiro atoms. The maximum Gasteiger partial charge on any atom is 0.238 e. The van der Waals surface area contributed by atoms with Gasteiger partial charge in [-0.1, -0.05) is 43.3 Å². The van der Waals surface area contributed by atoms with Crippen LogP contribution < -0.4 is 5.14 Å². The Morgan fingerprint density at radius 3 is 2.41 bits per heavy atom. The van der Waals surface area contributed by atoms with Crippen molar-refractivity contribution in [3.8, 4) is 11.3 Å². The average molecular weight is 386 g/mol. The first kappa shape index (κ1) is 17.9. The number of nitrogens with zero attached hydrogens (tertiary/aromatic N) is 1. The van der Waals surface area contributed by atoms with Crippen molar-refractivity contribution in [1.29, 1.82) is 0 Å². The van der Waals surface area contributed by atoms with Gasteiger partial charge in [-0.25, -0.2) is 17.9 Å². The number of sulfonamides is 1. The number of benzene rings is 2. The Morgan fingerprint density at radius 2 is 1.78 bits per heavy atom. The van der Waals surface area contributed by atoms with E-state index in [2.05, 4.69) is 19.0 Å². The molecule has 2 aromatic carbocycles. The van der Waals surface area contributed by atoms with Crippen LogP contribution in [0.4, 0.5) is 4.39 Å². The van der Waals surface area contributed by atoms with Crippen LogP contribution in [0.15, 0.2) is 64.0 Å². The molecule has 5 nitrogen and oxygen atoms in total. The standard InChI is InChI=1S/C20H19FN2O3S/c1-20(2)18(12-6-8-15(9-7-12)27(22,24)25)19(20)16-11-17(26-23-16)13-4-3-5-14(21)10-13/h3-11,18-19H,1-2H3,(H2,22,24,25)/t18-,19-/m0/s1. The summed E-state index contributed by atoms with van der Waals surface area (Å²) in [6, 6.07) is 14.7. The van der Waals surface area contributed by atoms with Crippen LogP contribution in [0.1, 0.15) is 36.9 Å². The molecule has 2 N–H and O–H groups in total. The number of rotatable bonds is 4. The van der Waals surface area contributed by atoms with Crippen molar-refractivity contribution in [2.75, 3.05) is 0 Å². The molecule has 1 aromatic heterocycles. The van der Waals surface area contributed by atoms with Gasteiger partial charge in [-0.05, 0) is 41.2 Å². The zero-order chi connectivity index (χ0) is 19.4. The molecule has 27 heavy (non-hydrogen) atoms. The molecule has 1 saturated carbocycles. The van der Waals surface area contributed by atoms with E-state index in [-0.39, 0.29) is 28.0 Å². The third-order valence-electron chi connectivity index (χ3n) is 5.35. The molecular formula is C20H19FN2O3S. The second-order valence-electron chi connectivity index (χ2n) is 7.52. The predicted octanol–water partition coefficient (Wildman–Crippen LogP) is 4.04. The quantitative estimate of drug-likeness (QED) is 0.733. The Hall–Kier alpha value is -2.51. The Bertz CT molecular complexity index is 1100. The van der Waals surface area contributed by atoms with Crippen molar-refractivity contribution in [1.82, 2.24) is 5.16 Å². The molecule has 140 valence electrons. The van der Waals surface area contributed by atoms with Gasteiger partial charge in [-0.15, -0.1) is 0 Å². The molecule has 0 unspecified atom stereocenters. The second kappa shape index (κ2) is 6.00.